The molecule has 0 aliphatic heterocycles. The number of nitrogens with zero attached hydrogens (tertiary/aromatic N) is 2. The second-order valence-corrected chi connectivity index (χ2v) is 6.74. The number of carbonyl (C=O) groups excluding carboxylic acids is 1. The predicted octanol–water partition coefficient (Wildman–Crippen LogP) is 3.60. The quantitative estimate of drug-likeness (QED) is 0.469. The number of ether oxygens (including phenoxy) is 3. The van der Waals surface area contributed by atoms with Crippen LogP contribution in [0.1, 0.15) is 29.8 Å². The van der Waals surface area contributed by atoms with Gasteiger partial charge in [-0.25, -0.2) is 4.79 Å². The molecule has 1 heterocycles. The first-order chi connectivity index (χ1) is 15.5. The molecule has 9 heteroatoms. The fourth-order valence-corrected chi connectivity index (χ4v) is 2.89. The number of hydrogen-bond donors (Lipinski definition) is 2. The van der Waals surface area contributed by atoms with Gasteiger partial charge >= 0.3 is 5.97 Å². The van der Waals surface area contributed by atoms with Crippen molar-refractivity contribution < 1.29 is 28.9 Å². The molecule has 0 radical (unpaired) electrons. The molecule has 0 bridgehead atoms. The highest BCUT2D eigenvalue weighted by Gasteiger charge is 2.10. The van der Waals surface area contributed by atoms with E-state index in [-0.39, 0.29) is 18.0 Å². The smallest absolute Gasteiger partial charge is 0.338 e. The van der Waals surface area contributed by atoms with Crippen LogP contribution in [0.2, 0.25) is 0 Å². The molecule has 0 saturated carbocycles. The lowest BCUT2D eigenvalue weighted by Crippen LogP contribution is -2.19. The Hall–Kier alpha value is -4.01. The molecule has 1 aromatic heterocycles. The van der Waals surface area contributed by atoms with Crippen LogP contribution in [0.15, 0.2) is 54.9 Å². The van der Waals surface area contributed by atoms with Gasteiger partial charge in [-0.05, 0) is 55.8 Å². The van der Waals surface area contributed by atoms with Gasteiger partial charge in [-0.15, -0.1) is 0 Å². The Labute approximate surface area is 185 Å². The van der Waals surface area contributed by atoms with Gasteiger partial charge in [0, 0.05) is 11.9 Å². The van der Waals surface area contributed by atoms with Crippen molar-refractivity contribution in [2.45, 2.75) is 27.0 Å². The third kappa shape index (κ3) is 6.24. The van der Waals surface area contributed by atoms with Gasteiger partial charge in [0.25, 0.3) is 0 Å². The molecule has 0 atom stereocenters. The average Bonchev–Trinajstić information content (AvgIpc) is 3.24. The second kappa shape index (κ2) is 10.9. The van der Waals surface area contributed by atoms with E-state index in [4.69, 9.17) is 19.3 Å². The minimum Gasteiger partial charge on any atom is -0.490 e. The maximum Gasteiger partial charge on any atom is 0.338 e. The van der Waals surface area contributed by atoms with Gasteiger partial charge in [-0.1, -0.05) is 6.07 Å². The summed E-state index contributed by atoms with van der Waals surface area (Å²) in [6.07, 6.45) is 2.50. The summed E-state index contributed by atoms with van der Waals surface area (Å²) < 4.78 is 18.3. The number of anilines is 1. The van der Waals surface area contributed by atoms with Crippen LogP contribution in [-0.2, 0) is 17.9 Å². The number of nitrogens with one attached hydrogen (secondary N) is 1. The van der Waals surface area contributed by atoms with Crippen LogP contribution in [0.5, 0.6) is 17.2 Å². The molecule has 3 aromatic rings. The highest BCUT2D eigenvalue weighted by Crippen LogP contribution is 2.29. The summed E-state index contributed by atoms with van der Waals surface area (Å²) in [4.78, 5) is 23.0. The van der Waals surface area contributed by atoms with Gasteiger partial charge in [0.2, 0.25) is 5.91 Å². The van der Waals surface area contributed by atoms with E-state index >= 15 is 0 Å². The normalized spacial score (nSPS) is 10.4. The number of rotatable bonds is 11. The lowest BCUT2D eigenvalue weighted by molar-refractivity contribution is -0.116. The zero-order valence-electron chi connectivity index (χ0n) is 17.9. The monoisotopic (exact) mass is 439 g/mol. The minimum absolute atomic E-state index is 0.0280. The number of carbonyl (C=O) groups is 2. The van der Waals surface area contributed by atoms with Crippen molar-refractivity contribution >= 4 is 17.6 Å². The van der Waals surface area contributed by atoms with Crippen LogP contribution >= 0.6 is 0 Å². The average molecular weight is 439 g/mol. The number of carboxylic acid groups (broad SMARTS) is 1. The maximum atomic E-state index is 12.1. The van der Waals surface area contributed by atoms with Gasteiger partial charge in [-0.3, -0.25) is 9.48 Å². The third-order valence-corrected chi connectivity index (χ3v) is 4.34. The number of benzene rings is 2. The van der Waals surface area contributed by atoms with E-state index in [0.717, 1.165) is 5.56 Å². The van der Waals surface area contributed by atoms with Gasteiger partial charge in [0.1, 0.15) is 18.9 Å². The van der Waals surface area contributed by atoms with E-state index in [9.17, 15) is 9.59 Å². The summed E-state index contributed by atoms with van der Waals surface area (Å²) in [6.45, 7) is 5.20. The van der Waals surface area contributed by atoms with Crippen LogP contribution in [-0.4, -0.2) is 40.0 Å². The Morgan fingerprint density at radius 1 is 1.00 bits per heavy atom. The molecule has 0 unspecified atom stereocenters. The van der Waals surface area contributed by atoms with Gasteiger partial charge < -0.3 is 24.6 Å². The van der Waals surface area contributed by atoms with Crippen molar-refractivity contribution in [1.29, 1.82) is 0 Å². The molecule has 0 aliphatic carbocycles. The second-order valence-electron chi connectivity index (χ2n) is 6.74. The van der Waals surface area contributed by atoms with Crippen LogP contribution in [0.25, 0.3) is 0 Å². The predicted molar refractivity (Wildman–Crippen MR) is 117 cm³/mol. The van der Waals surface area contributed by atoms with E-state index in [0.29, 0.717) is 42.8 Å². The number of aromatic nitrogens is 2. The third-order valence-electron chi connectivity index (χ3n) is 4.34. The van der Waals surface area contributed by atoms with Crippen molar-refractivity contribution in [2.75, 3.05) is 18.5 Å². The van der Waals surface area contributed by atoms with E-state index < -0.39 is 5.97 Å². The molecule has 1 amide bonds. The Balaban J connectivity index is 1.53. The van der Waals surface area contributed by atoms with Crippen molar-refractivity contribution in [3.63, 3.8) is 0 Å². The van der Waals surface area contributed by atoms with Crippen molar-refractivity contribution in [2.24, 2.45) is 0 Å². The largest absolute Gasteiger partial charge is 0.490 e. The molecular weight excluding hydrogens is 414 g/mol. The van der Waals surface area contributed by atoms with Crippen molar-refractivity contribution in [3.05, 3.63) is 66.0 Å². The zero-order valence-corrected chi connectivity index (χ0v) is 17.9. The van der Waals surface area contributed by atoms with Crippen LogP contribution in [0.4, 0.5) is 5.69 Å². The van der Waals surface area contributed by atoms with Crippen LogP contribution in [0, 0.1) is 0 Å². The highest BCUT2D eigenvalue weighted by atomic mass is 16.5. The molecular formula is C23H25N3O6. The summed E-state index contributed by atoms with van der Waals surface area (Å²) in [7, 11) is 0. The molecule has 32 heavy (non-hydrogen) atoms. The number of carboxylic acids is 1. The summed E-state index contributed by atoms with van der Waals surface area (Å²) in [5.41, 5.74) is 1.56. The number of hydrogen-bond acceptors (Lipinski definition) is 6. The van der Waals surface area contributed by atoms with E-state index in [1.807, 2.05) is 32.0 Å². The first-order valence-corrected chi connectivity index (χ1v) is 10.2. The van der Waals surface area contributed by atoms with Gasteiger partial charge in [-0.2, -0.15) is 5.10 Å². The number of aromatic carboxylic acids is 1. The Morgan fingerprint density at radius 3 is 2.38 bits per heavy atom. The van der Waals surface area contributed by atoms with Crippen LogP contribution in [0.3, 0.4) is 0 Å². The molecule has 0 saturated heterocycles. The molecule has 9 nitrogen and oxygen atoms in total. The van der Waals surface area contributed by atoms with E-state index in [2.05, 4.69) is 10.4 Å². The molecule has 2 N–H and O–H groups in total. The summed E-state index contributed by atoms with van der Waals surface area (Å²) in [5.74, 6) is 0.616. The van der Waals surface area contributed by atoms with Crippen molar-refractivity contribution in [1.82, 2.24) is 9.78 Å². The summed E-state index contributed by atoms with van der Waals surface area (Å²) in [6, 6.07) is 12.6. The molecule has 0 fully saturated rings. The lowest BCUT2D eigenvalue weighted by atomic mass is 10.2. The van der Waals surface area contributed by atoms with Crippen molar-refractivity contribution in [3.8, 4) is 17.2 Å². The summed E-state index contributed by atoms with van der Waals surface area (Å²) >= 11 is 0. The highest BCUT2D eigenvalue weighted by molar-refractivity contribution is 5.91. The SMILES string of the molecule is CCOc1ccc(COc2ccc(NC(=O)Cn3cc(C(=O)O)cn3)cc2)cc1OCC. The molecule has 0 aliphatic rings. The fraction of sp³-hybridized carbons (Fsp3) is 0.261. The fourth-order valence-electron chi connectivity index (χ4n) is 2.89. The van der Waals surface area contributed by atoms with E-state index in [1.165, 1.54) is 17.1 Å². The standard InChI is InChI=1S/C23H25N3O6/c1-3-30-20-10-5-16(11-21(20)31-4-2)15-32-19-8-6-18(7-9-19)25-22(27)14-26-13-17(12-24-26)23(28)29/h5-13H,3-4,14-15H2,1-2H3,(H,25,27)(H,28,29). The van der Waals surface area contributed by atoms with Gasteiger partial charge in [0.15, 0.2) is 11.5 Å². The topological polar surface area (TPSA) is 112 Å². The Kier molecular flexibility index (Phi) is 7.69. The maximum absolute atomic E-state index is 12.1. The molecule has 2 aromatic carbocycles. The molecule has 3 rings (SSSR count). The number of amides is 1. The molecule has 0 spiro atoms. The zero-order chi connectivity index (χ0) is 22.9. The first-order valence-electron chi connectivity index (χ1n) is 10.2. The minimum atomic E-state index is -1.09. The van der Waals surface area contributed by atoms with Crippen LogP contribution < -0.4 is 19.5 Å². The van der Waals surface area contributed by atoms with E-state index in [1.54, 1.807) is 24.3 Å². The molecule has 168 valence electrons. The summed E-state index contributed by atoms with van der Waals surface area (Å²) in [5, 5.41) is 15.5. The Morgan fingerprint density at radius 2 is 1.72 bits per heavy atom. The first kappa shape index (κ1) is 22.7. The Bertz CT molecular complexity index is 1060. The van der Waals surface area contributed by atoms with Gasteiger partial charge in [0.05, 0.1) is 25.0 Å². The lowest BCUT2D eigenvalue weighted by Gasteiger charge is -2.13.